The molecule has 0 saturated carbocycles. The lowest BCUT2D eigenvalue weighted by molar-refractivity contribution is -0.130. The van der Waals surface area contributed by atoms with Crippen molar-refractivity contribution in [3.8, 4) is 0 Å². The Morgan fingerprint density at radius 2 is 2.59 bits per heavy atom. The van der Waals surface area contributed by atoms with Gasteiger partial charge >= 0.3 is 0 Å². The molecule has 1 unspecified atom stereocenters. The van der Waals surface area contributed by atoms with E-state index in [0.717, 1.165) is 37.4 Å². The van der Waals surface area contributed by atoms with Crippen molar-refractivity contribution in [2.45, 2.75) is 32.7 Å². The summed E-state index contributed by atoms with van der Waals surface area (Å²) in [7, 11) is 0. The Morgan fingerprint density at radius 1 is 1.71 bits per heavy atom. The third kappa shape index (κ3) is 2.84. The van der Waals surface area contributed by atoms with Crippen molar-refractivity contribution in [3.63, 3.8) is 0 Å². The molecule has 2 heterocycles. The average Bonchev–Trinajstić information content (AvgIpc) is 2.97. The summed E-state index contributed by atoms with van der Waals surface area (Å²) in [6.45, 7) is 4.45. The van der Waals surface area contributed by atoms with Gasteiger partial charge in [0.2, 0.25) is 5.91 Å². The zero-order valence-electron chi connectivity index (χ0n) is 10.2. The molecular formula is C12H19N3OS. The number of nitrogens with zero attached hydrogens (tertiary/aromatic N) is 1. The number of rotatable bonds is 5. The van der Waals surface area contributed by atoms with Crippen molar-refractivity contribution in [1.82, 2.24) is 15.6 Å². The van der Waals surface area contributed by atoms with Gasteiger partial charge in [0.05, 0.1) is 12.0 Å². The van der Waals surface area contributed by atoms with Crippen molar-refractivity contribution in [1.29, 1.82) is 0 Å². The standard InChI is InChI=1S/C12H19N3OS/c1-2-3-12(4-5-13-9-12)11(16)15-8-10-14-6-7-17-10/h6-7,13H,2-5,8-9H2,1H3,(H,15,16). The first-order chi connectivity index (χ1) is 8.27. The van der Waals surface area contributed by atoms with Crippen molar-refractivity contribution in [2.75, 3.05) is 13.1 Å². The van der Waals surface area contributed by atoms with E-state index < -0.39 is 0 Å². The number of hydrogen-bond acceptors (Lipinski definition) is 4. The van der Waals surface area contributed by atoms with Gasteiger partial charge in [0.15, 0.2) is 0 Å². The first-order valence-electron chi connectivity index (χ1n) is 6.14. The molecule has 1 aliphatic heterocycles. The topological polar surface area (TPSA) is 54.0 Å². The summed E-state index contributed by atoms with van der Waals surface area (Å²) in [5, 5.41) is 9.22. The Balaban J connectivity index is 1.92. The molecule has 1 aromatic rings. The summed E-state index contributed by atoms with van der Waals surface area (Å²) in [6, 6.07) is 0. The summed E-state index contributed by atoms with van der Waals surface area (Å²) >= 11 is 1.58. The van der Waals surface area contributed by atoms with E-state index >= 15 is 0 Å². The van der Waals surface area contributed by atoms with Gasteiger partial charge in [-0.05, 0) is 19.4 Å². The van der Waals surface area contributed by atoms with Crippen LogP contribution >= 0.6 is 11.3 Å². The molecule has 1 atom stereocenters. The highest BCUT2D eigenvalue weighted by Crippen LogP contribution is 2.31. The second-order valence-corrected chi connectivity index (χ2v) is 5.54. The molecule has 0 spiro atoms. The maximum Gasteiger partial charge on any atom is 0.227 e. The van der Waals surface area contributed by atoms with Crippen molar-refractivity contribution >= 4 is 17.2 Å². The molecule has 0 aromatic carbocycles. The van der Waals surface area contributed by atoms with Gasteiger partial charge in [0.25, 0.3) is 0 Å². The highest BCUT2D eigenvalue weighted by molar-refractivity contribution is 7.09. The van der Waals surface area contributed by atoms with Crippen molar-refractivity contribution < 1.29 is 4.79 Å². The molecule has 1 aromatic heterocycles. The molecule has 1 amide bonds. The van der Waals surface area contributed by atoms with Crippen LogP contribution in [-0.2, 0) is 11.3 Å². The van der Waals surface area contributed by atoms with Gasteiger partial charge in [-0.3, -0.25) is 4.79 Å². The van der Waals surface area contributed by atoms with Gasteiger partial charge in [0.1, 0.15) is 5.01 Å². The zero-order valence-corrected chi connectivity index (χ0v) is 11.0. The van der Waals surface area contributed by atoms with Crippen LogP contribution in [0.15, 0.2) is 11.6 Å². The molecule has 1 aliphatic rings. The Labute approximate surface area is 106 Å². The maximum atomic E-state index is 12.3. The van der Waals surface area contributed by atoms with Crippen LogP contribution in [0.4, 0.5) is 0 Å². The second kappa shape index (κ2) is 5.60. The third-order valence-electron chi connectivity index (χ3n) is 3.34. The van der Waals surface area contributed by atoms with Crippen LogP contribution < -0.4 is 10.6 Å². The number of hydrogen-bond donors (Lipinski definition) is 2. The van der Waals surface area contributed by atoms with Crippen LogP contribution in [0.2, 0.25) is 0 Å². The third-order valence-corrected chi connectivity index (χ3v) is 4.12. The minimum atomic E-state index is -0.188. The number of carbonyl (C=O) groups excluding carboxylic acids is 1. The SMILES string of the molecule is CCCC1(C(=O)NCc2nccs2)CCNC1. The smallest absolute Gasteiger partial charge is 0.227 e. The predicted molar refractivity (Wildman–Crippen MR) is 68.8 cm³/mol. The molecule has 0 bridgehead atoms. The van der Waals surface area contributed by atoms with Crippen LogP contribution in [0.1, 0.15) is 31.2 Å². The highest BCUT2D eigenvalue weighted by Gasteiger charge is 2.39. The van der Waals surface area contributed by atoms with Gasteiger partial charge in [-0.1, -0.05) is 13.3 Å². The van der Waals surface area contributed by atoms with Crippen LogP contribution in [0.5, 0.6) is 0 Å². The van der Waals surface area contributed by atoms with E-state index in [9.17, 15) is 4.79 Å². The molecular weight excluding hydrogens is 234 g/mol. The first-order valence-corrected chi connectivity index (χ1v) is 7.02. The van der Waals surface area contributed by atoms with Crippen LogP contribution in [-0.4, -0.2) is 24.0 Å². The van der Waals surface area contributed by atoms with Crippen LogP contribution in [0, 0.1) is 5.41 Å². The zero-order chi connectivity index (χ0) is 12.1. The van der Waals surface area contributed by atoms with Crippen molar-refractivity contribution in [2.24, 2.45) is 5.41 Å². The molecule has 94 valence electrons. The van der Waals surface area contributed by atoms with Gasteiger partial charge < -0.3 is 10.6 Å². The van der Waals surface area contributed by atoms with E-state index in [0.29, 0.717) is 6.54 Å². The molecule has 0 radical (unpaired) electrons. The van der Waals surface area contributed by atoms with E-state index in [1.54, 1.807) is 17.5 Å². The Bertz CT molecular complexity index is 358. The molecule has 2 N–H and O–H groups in total. The fourth-order valence-electron chi connectivity index (χ4n) is 2.43. The summed E-state index contributed by atoms with van der Waals surface area (Å²) < 4.78 is 0. The quantitative estimate of drug-likeness (QED) is 0.837. The molecule has 0 aliphatic carbocycles. The molecule has 5 heteroatoms. The monoisotopic (exact) mass is 253 g/mol. The van der Waals surface area contributed by atoms with E-state index in [4.69, 9.17) is 0 Å². The van der Waals surface area contributed by atoms with Gasteiger partial charge in [-0.2, -0.15) is 0 Å². The Kier molecular flexibility index (Phi) is 4.12. The van der Waals surface area contributed by atoms with Gasteiger partial charge in [-0.25, -0.2) is 4.98 Å². The van der Waals surface area contributed by atoms with Crippen molar-refractivity contribution in [3.05, 3.63) is 16.6 Å². The molecule has 1 fully saturated rings. The Morgan fingerprint density at radius 3 is 3.18 bits per heavy atom. The first kappa shape index (κ1) is 12.5. The maximum absolute atomic E-state index is 12.3. The van der Waals surface area contributed by atoms with E-state index in [2.05, 4.69) is 22.5 Å². The summed E-state index contributed by atoms with van der Waals surface area (Å²) in [5.74, 6) is 0.180. The number of thiazole rings is 1. The summed E-state index contributed by atoms with van der Waals surface area (Å²) in [5.41, 5.74) is -0.188. The second-order valence-electron chi connectivity index (χ2n) is 4.57. The summed E-state index contributed by atoms with van der Waals surface area (Å²) in [6.07, 6.45) is 4.73. The number of aromatic nitrogens is 1. The fraction of sp³-hybridized carbons (Fsp3) is 0.667. The largest absolute Gasteiger partial charge is 0.349 e. The normalized spacial score (nSPS) is 23.8. The summed E-state index contributed by atoms with van der Waals surface area (Å²) in [4.78, 5) is 16.4. The molecule has 4 nitrogen and oxygen atoms in total. The fourth-order valence-corrected chi connectivity index (χ4v) is 2.98. The minimum Gasteiger partial charge on any atom is -0.349 e. The van der Waals surface area contributed by atoms with Gasteiger partial charge in [-0.15, -0.1) is 11.3 Å². The number of amides is 1. The van der Waals surface area contributed by atoms with Crippen LogP contribution in [0.3, 0.4) is 0 Å². The van der Waals surface area contributed by atoms with Gasteiger partial charge in [0, 0.05) is 18.1 Å². The number of nitrogens with one attached hydrogen (secondary N) is 2. The average molecular weight is 253 g/mol. The van der Waals surface area contributed by atoms with E-state index in [1.165, 1.54) is 0 Å². The number of carbonyl (C=O) groups is 1. The molecule has 1 saturated heterocycles. The minimum absolute atomic E-state index is 0.180. The van der Waals surface area contributed by atoms with E-state index in [-0.39, 0.29) is 11.3 Å². The highest BCUT2D eigenvalue weighted by atomic mass is 32.1. The Hall–Kier alpha value is -0.940. The predicted octanol–water partition coefficient (Wildman–Crippen LogP) is 1.54. The molecule has 2 rings (SSSR count). The van der Waals surface area contributed by atoms with E-state index in [1.807, 2.05) is 5.38 Å². The molecule has 17 heavy (non-hydrogen) atoms. The van der Waals surface area contributed by atoms with Crippen LogP contribution in [0.25, 0.3) is 0 Å². The lowest BCUT2D eigenvalue weighted by Gasteiger charge is -2.26. The lowest BCUT2D eigenvalue weighted by atomic mass is 9.81. The lowest BCUT2D eigenvalue weighted by Crippen LogP contribution is -2.42.